The Bertz CT molecular complexity index is 791. The first-order valence-electron chi connectivity index (χ1n) is 6.79. The first-order valence-corrected chi connectivity index (χ1v) is 6.79. The third kappa shape index (κ3) is 1.77. The lowest BCUT2D eigenvalue weighted by atomic mass is 9.98. The van der Waals surface area contributed by atoms with Crippen LogP contribution in [0.15, 0.2) is 66.9 Å². The lowest BCUT2D eigenvalue weighted by Gasteiger charge is -2.23. The van der Waals surface area contributed by atoms with Gasteiger partial charge in [0, 0.05) is 11.6 Å². The summed E-state index contributed by atoms with van der Waals surface area (Å²) in [6, 6.07) is 19.0. The Labute approximate surface area is 117 Å². The molecule has 2 heteroatoms. The summed E-state index contributed by atoms with van der Waals surface area (Å²) in [6.07, 6.45) is 6.23. The van der Waals surface area contributed by atoms with Crippen LogP contribution < -0.4 is 5.32 Å². The van der Waals surface area contributed by atoms with Crippen molar-refractivity contribution in [3.8, 4) is 0 Å². The van der Waals surface area contributed by atoms with Crippen LogP contribution in [0.5, 0.6) is 0 Å². The summed E-state index contributed by atoms with van der Waals surface area (Å²) >= 11 is 0. The van der Waals surface area contributed by atoms with Gasteiger partial charge in [0.05, 0.1) is 17.2 Å². The van der Waals surface area contributed by atoms with Crippen molar-refractivity contribution in [2.24, 2.45) is 0 Å². The minimum atomic E-state index is 0.205. The molecule has 0 saturated heterocycles. The molecule has 0 aliphatic carbocycles. The maximum atomic E-state index is 4.53. The van der Waals surface area contributed by atoms with Crippen LogP contribution in [0.3, 0.4) is 0 Å². The van der Waals surface area contributed by atoms with E-state index >= 15 is 0 Å². The third-order valence-corrected chi connectivity index (χ3v) is 3.73. The van der Waals surface area contributed by atoms with Crippen molar-refractivity contribution in [2.75, 3.05) is 5.32 Å². The van der Waals surface area contributed by atoms with Gasteiger partial charge in [-0.1, -0.05) is 60.7 Å². The van der Waals surface area contributed by atoms with Gasteiger partial charge in [0.1, 0.15) is 0 Å². The van der Waals surface area contributed by atoms with E-state index in [1.165, 1.54) is 16.5 Å². The van der Waals surface area contributed by atoms with E-state index in [9.17, 15) is 0 Å². The SMILES string of the molecule is C1=CC(c2ccccc2)Nc2c1ccc1cccnc21. The minimum absolute atomic E-state index is 0.205. The molecule has 0 fully saturated rings. The van der Waals surface area contributed by atoms with Crippen molar-refractivity contribution >= 4 is 22.7 Å². The molecule has 3 aromatic rings. The van der Waals surface area contributed by atoms with Crippen LogP contribution in [0.25, 0.3) is 17.0 Å². The van der Waals surface area contributed by atoms with E-state index in [2.05, 4.69) is 64.9 Å². The molecule has 0 radical (unpaired) electrons. The van der Waals surface area contributed by atoms with E-state index in [1.54, 1.807) is 0 Å². The van der Waals surface area contributed by atoms with Crippen LogP contribution in [-0.2, 0) is 0 Å². The molecule has 1 atom stereocenters. The molecular weight excluding hydrogens is 244 g/mol. The summed E-state index contributed by atoms with van der Waals surface area (Å²) in [5, 5.41) is 4.77. The molecule has 1 aliphatic rings. The van der Waals surface area contributed by atoms with Gasteiger partial charge in [-0.15, -0.1) is 0 Å². The van der Waals surface area contributed by atoms with Crippen molar-refractivity contribution in [3.05, 3.63) is 78.0 Å². The highest BCUT2D eigenvalue weighted by atomic mass is 14.9. The van der Waals surface area contributed by atoms with Gasteiger partial charge in [-0.05, 0) is 17.2 Å². The largest absolute Gasteiger partial charge is 0.372 e. The Kier molecular flexibility index (Phi) is 2.52. The second kappa shape index (κ2) is 4.49. The van der Waals surface area contributed by atoms with Gasteiger partial charge >= 0.3 is 0 Å². The summed E-state index contributed by atoms with van der Waals surface area (Å²) in [5.41, 5.74) is 4.63. The standard InChI is InChI=1S/C18H14N2/c1-2-5-13(6-3-1)16-11-10-15-9-8-14-7-4-12-19-17(14)18(15)20-16/h1-12,16,20H. The average molecular weight is 258 g/mol. The summed E-state index contributed by atoms with van der Waals surface area (Å²) in [6.45, 7) is 0. The Morgan fingerprint density at radius 2 is 1.80 bits per heavy atom. The number of nitrogens with zero attached hydrogens (tertiary/aromatic N) is 1. The minimum Gasteiger partial charge on any atom is -0.372 e. The van der Waals surface area contributed by atoms with Crippen molar-refractivity contribution in [2.45, 2.75) is 6.04 Å². The Hall–Kier alpha value is -2.61. The number of hydrogen-bond donors (Lipinski definition) is 1. The van der Waals surface area contributed by atoms with Gasteiger partial charge in [-0.25, -0.2) is 0 Å². The second-order valence-electron chi connectivity index (χ2n) is 5.00. The molecule has 1 aromatic heterocycles. The predicted octanol–water partition coefficient (Wildman–Crippen LogP) is 4.41. The monoisotopic (exact) mass is 258 g/mol. The van der Waals surface area contributed by atoms with Crippen molar-refractivity contribution < 1.29 is 0 Å². The van der Waals surface area contributed by atoms with Crippen LogP contribution in [0, 0.1) is 0 Å². The van der Waals surface area contributed by atoms with Gasteiger partial charge in [0.25, 0.3) is 0 Å². The summed E-state index contributed by atoms with van der Waals surface area (Å²) in [5.74, 6) is 0. The molecule has 96 valence electrons. The van der Waals surface area contributed by atoms with Gasteiger partial charge in [0.15, 0.2) is 0 Å². The van der Waals surface area contributed by atoms with Crippen LogP contribution in [0.1, 0.15) is 17.2 Å². The van der Waals surface area contributed by atoms with Crippen molar-refractivity contribution in [1.82, 2.24) is 4.98 Å². The number of fused-ring (bicyclic) bond motifs is 3. The Morgan fingerprint density at radius 3 is 2.70 bits per heavy atom. The fourth-order valence-electron chi connectivity index (χ4n) is 2.71. The molecule has 2 aromatic carbocycles. The number of nitrogens with one attached hydrogen (secondary N) is 1. The molecule has 20 heavy (non-hydrogen) atoms. The number of anilines is 1. The first kappa shape index (κ1) is 11.2. The molecule has 1 N–H and O–H groups in total. The Morgan fingerprint density at radius 1 is 0.900 bits per heavy atom. The number of hydrogen-bond acceptors (Lipinski definition) is 2. The van der Waals surface area contributed by atoms with E-state index in [4.69, 9.17) is 0 Å². The highest BCUT2D eigenvalue weighted by Crippen LogP contribution is 2.34. The molecule has 1 aliphatic heterocycles. The van der Waals surface area contributed by atoms with E-state index in [-0.39, 0.29) is 6.04 Å². The smallest absolute Gasteiger partial charge is 0.0939 e. The topological polar surface area (TPSA) is 24.9 Å². The number of aromatic nitrogens is 1. The summed E-state index contributed by atoms with van der Waals surface area (Å²) < 4.78 is 0. The molecule has 0 amide bonds. The van der Waals surface area contributed by atoms with E-state index in [0.29, 0.717) is 0 Å². The molecule has 0 spiro atoms. The van der Waals surface area contributed by atoms with Gasteiger partial charge in [-0.2, -0.15) is 0 Å². The molecule has 2 heterocycles. The first-order chi connectivity index (χ1) is 9.92. The lowest BCUT2D eigenvalue weighted by molar-refractivity contribution is 0.981. The van der Waals surface area contributed by atoms with Crippen LogP contribution in [0.4, 0.5) is 5.69 Å². The molecular formula is C18H14N2. The molecule has 2 nitrogen and oxygen atoms in total. The van der Waals surface area contributed by atoms with Gasteiger partial charge < -0.3 is 5.32 Å². The van der Waals surface area contributed by atoms with Gasteiger partial charge in [0.2, 0.25) is 0 Å². The highest BCUT2D eigenvalue weighted by molar-refractivity contribution is 5.96. The fourth-order valence-corrected chi connectivity index (χ4v) is 2.71. The van der Waals surface area contributed by atoms with Crippen LogP contribution in [-0.4, -0.2) is 4.98 Å². The molecule has 0 saturated carbocycles. The van der Waals surface area contributed by atoms with Crippen LogP contribution in [0.2, 0.25) is 0 Å². The summed E-state index contributed by atoms with van der Waals surface area (Å²) in [4.78, 5) is 4.53. The fraction of sp³-hybridized carbons (Fsp3) is 0.0556. The number of pyridine rings is 1. The quantitative estimate of drug-likeness (QED) is 0.699. The summed E-state index contributed by atoms with van der Waals surface area (Å²) in [7, 11) is 0. The van der Waals surface area contributed by atoms with E-state index in [1.807, 2.05) is 18.3 Å². The Balaban J connectivity index is 1.84. The third-order valence-electron chi connectivity index (χ3n) is 3.73. The highest BCUT2D eigenvalue weighted by Gasteiger charge is 2.16. The van der Waals surface area contributed by atoms with Crippen LogP contribution >= 0.6 is 0 Å². The molecule has 4 rings (SSSR count). The van der Waals surface area contributed by atoms with Crippen molar-refractivity contribution in [3.63, 3.8) is 0 Å². The zero-order chi connectivity index (χ0) is 13.4. The number of benzene rings is 2. The molecule has 1 unspecified atom stereocenters. The van der Waals surface area contributed by atoms with Crippen molar-refractivity contribution in [1.29, 1.82) is 0 Å². The number of rotatable bonds is 1. The maximum absolute atomic E-state index is 4.53. The normalized spacial score (nSPS) is 16.7. The molecule has 0 bridgehead atoms. The average Bonchev–Trinajstić information content (AvgIpc) is 2.55. The zero-order valence-corrected chi connectivity index (χ0v) is 11.0. The lowest BCUT2D eigenvalue weighted by Crippen LogP contribution is -2.12. The van der Waals surface area contributed by atoms with E-state index < -0.39 is 0 Å². The maximum Gasteiger partial charge on any atom is 0.0939 e. The van der Waals surface area contributed by atoms with Gasteiger partial charge in [-0.3, -0.25) is 4.98 Å². The zero-order valence-electron chi connectivity index (χ0n) is 11.0. The second-order valence-corrected chi connectivity index (χ2v) is 5.00. The van der Waals surface area contributed by atoms with E-state index in [0.717, 1.165) is 11.2 Å². The predicted molar refractivity (Wildman–Crippen MR) is 83.6 cm³/mol.